The van der Waals surface area contributed by atoms with E-state index in [-0.39, 0.29) is 5.91 Å². The Kier molecular flexibility index (Phi) is 5.86. The predicted octanol–water partition coefficient (Wildman–Crippen LogP) is 3.03. The Balaban J connectivity index is 2.01. The summed E-state index contributed by atoms with van der Waals surface area (Å²) in [4.78, 5) is 12.3. The van der Waals surface area contributed by atoms with Crippen LogP contribution in [0.3, 0.4) is 0 Å². The molecule has 0 atom stereocenters. The van der Waals surface area contributed by atoms with Crippen LogP contribution in [0.4, 0.5) is 0 Å². The Hall–Kier alpha value is -2.69. The zero-order chi connectivity index (χ0) is 16.7. The summed E-state index contributed by atoms with van der Waals surface area (Å²) in [6.07, 6.45) is 0. The lowest BCUT2D eigenvalue weighted by atomic mass is 10.1. The third-order valence-electron chi connectivity index (χ3n) is 3.30. The van der Waals surface area contributed by atoms with Crippen molar-refractivity contribution in [1.82, 2.24) is 5.32 Å². The van der Waals surface area contributed by atoms with Crippen molar-refractivity contribution in [1.29, 1.82) is 0 Å². The molecule has 0 saturated carbocycles. The molecule has 0 aliphatic rings. The lowest BCUT2D eigenvalue weighted by Crippen LogP contribution is -2.22. The first-order valence-corrected chi connectivity index (χ1v) is 7.39. The number of rotatable bonds is 7. The van der Waals surface area contributed by atoms with Crippen LogP contribution in [-0.4, -0.2) is 26.7 Å². The van der Waals surface area contributed by atoms with Gasteiger partial charge in [-0.2, -0.15) is 0 Å². The lowest BCUT2D eigenvalue weighted by molar-refractivity contribution is 0.0950. The van der Waals surface area contributed by atoms with Crippen LogP contribution in [0.2, 0.25) is 0 Å². The highest BCUT2D eigenvalue weighted by molar-refractivity contribution is 5.95. The Morgan fingerprint density at radius 2 is 1.57 bits per heavy atom. The van der Waals surface area contributed by atoms with Crippen molar-refractivity contribution < 1.29 is 19.0 Å². The fourth-order valence-electron chi connectivity index (χ4n) is 2.09. The smallest absolute Gasteiger partial charge is 0.251 e. The molecule has 5 nitrogen and oxygen atoms in total. The highest BCUT2D eigenvalue weighted by Gasteiger charge is 2.09. The lowest BCUT2D eigenvalue weighted by Gasteiger charge is -2.10. The normalized spacial score (nSPS) is 10.0. The van der Waals surface area contributed by atoms with Gasteiger partial charge in [0.15, 0.2) is 0 Å². The number of carbonyl (C=O) groups is 1. The largest absolute Gasteiger partial charge is 0.497 e. The Bertz CT molecular complexity index is 630. The second-order valence-electron chi connectivity index (χ2n) is 4.86. The van der Waals surface area contributed by atoms with E-state index in [4.69, 9.17) is 14.2 Å². The van der Waals surface area contributed by atoms with Crippen LogP contribution in [0.15, 0.2) is 42.5 Å². The molecule has 0 aromatic heterocycles. The van der Waals surface area contributed by atoms with E-state index in [1.54, 1.807) is 32.4 Å². The number of ether oxygens (including phenoxy) is 3. The molecule has 0 aliphatic heterocycles. The van der Waals surface area contributed by atoms with Gasteiger partial charge < -0.3 is 19.5 Å². The summed E-state index contributed by atoms with van der Waals surface area (Å²) >= 11 is 0. The van der Waals surface area contributed by atoms with Gasteiger partial charge in [0, 0.05) is 18.2 Å². The average molecular weight is 315 g/mol. The zero-order valence-corrected chi connectivity index (χ0v) is 13.6. The molecule has 1 N–H and O–H groups in total. The van der Waals surface area contributed by atoms with Crippen LogP contribution in [0.25, 0.3) is 0 Å². The number of nitrogens with one attached hydrogen (secondary N) is 1. The maximum Gasteiger partial charge on any atom is 0.251 e. The maximum atomic E-state index is 12.3. The quantitative estimate of drug-likeness (QED) is 0.853. The van der Waals surface area contributed by atoms with Crippen LogP contribution in [0.5, 0.6) is 17.2 Å². The molecule has 0 saturated heterocycles. The number of hydrogen-bond acceptors (Lipinski definition) is 4. The third-order valence-corrected chi connectivity index (χ3v) is 3.30. The third kappa shape index (κ3) is 4.64. The summed E-state index contributed by atoms with van der Waals surface area (Å²) in [6.45, 7) is 3.01. The Morgan fingerprint density at radius 3 is 2.09 bits per heavy atom. The number of amides is 1. The number of benzene rings is 2. The molecule has 0 heterocycles. The van der Waals surface area contributed by atoms with E-state index >= 15 is 0 Å². The van der Waals surface area contributed by atoms with Gasteiger partial charge in [0.25, 0.3) is 5.91 Å². The van der Waals surface area contributed by atoms with Crippen LogP contribution in [0, 0.1) is 0 Å². The Labute approximate surface area is 136 Å². The summed E-state index contributed by atoms with van der Waals surface area (Å²) in [7, 11) is 3.10. The van der Waals surface area contributed by atoms with Crippen LogP contribution < -0.4 is 19.5 Å². The molecule has 1 amide bonds. The van der Waals surface area contributed by atoms with Crippen LogP contribution >= 0.6 is 0 Å². The van der Waals surface area contributed by atoms with E-state index < -0.39 is 0 Å². The van der Waals surface area contributed by atoms with Gasteiger partial charge >= 0.3 is 0 Å². The second kappa shape index (κ2) is 8.08. The molecule has 0 spiro atoms. The van der Waals surface area contributed by atoms with Crippen LogP contribution in [-0.2, 0) is 6.54 Å². The van der Waals surface area contributed by atoms with E-state index in [0.717, 1.165) is 11.3 Å². The van der Waals surface area contributed by atoms with E-state index in [0.29, 0.717) is 30.2 Å². The SMILES string of the molecule is CCOc1ccc(CNC(=O)c2cc(OC)cc(OC)c2)cc1. The van der Waals surface area contributed by atoms with E-state index in [9.17, 15) is 4.79 Å². The molecular formula is C18H21NO4. The number of carbonyl (C=O) groups excluding carboxylic acids is 1. The highest BCUT2D eigenvalue weighted by Crippen LogP contribution is 2.22. The predicted molar refractivity (Wildman–Crippen MR) is 88.3 cm³/mol. The Morgan fingerprint density at radius 1 is 0.957 bits per heavy atom. The van der Waals surface area contributed by atoms with Crippen molar-refractivity contribution in [3.63, 3.8) is 0 Å². The first kappa shape index (κ1) is 16.7. The number of methoxy groups -OCH3 is 2. The fraction of sp³-hybridized carbons (Fsp3) is 0.278. The van der Waals surface area contributed by atoms with E-state index in [1.165, 1.54) is 0 Å². The summed E-state index contributed by atoms with van der Waals surface area (Å²) < 4.78 is 15.7. The topological polar surface area (TPSA) is 56.8 Å². The van der Waals surface area contributed by atoms with Gasteiger partial charge in [-0.25, -0.2) is 0 Å². The standard InChI is InChI=1S/C18H21NO4/c1-4-23-15-7-5-13(6-8-15)12-19-18(20)14-9-16(21-2)11-17(10-14)22-3/h5-11H,4,12H2,1-3H3,(H,19,20). The minimum absolute atomic E-state index is 0.184. The van der Waals surface area contributed by atoms with Crippen molar-refractivity contribution in [2.24, 2.45) is 0 Å². The highest BCUT2D eigenvalue weighted by atomic mass is 16.5. The molecule has 0 radical (unpaired) electrons. The van der Waals surface area contributed by atoms with Crippen LogP contribution in [0.1, 0.15) is 22.8 Å². The number of hydrogen-bond donors (Lipinski definition) is 1. The molecule has 5 heteroatoms. The van der Waals surface area contributed by atoms with Crippen molar-refractivity contribution >= 4 is 5.91 Å². The molecule has 0 aliphatic carbocycles. The van der Waals surface area contributed by atoms with Crippen molar-refractivity contribution in [2.75, 3.05) is 20.8 Å². The summed E-state index contributed by atoms with van der Waals surface area (Å²) in [6, 6.07) is 12.7. The first-order chi connectivity index (χ1) is 11.2. The van der Waals surface area contributed by atoms with Gasteiger partial charge in [0.2, 0.25) is 0 Å². The van der Waals surface area contributed by atoms with Gasteiger partial charge in [-0.15, -0.1) is 0 Å². The van der Waals surface area contributed by atoms with Gasteiger partial charge in [-0.1, -0.05) is 12.1 Å². The van der Waals surface area contributed by atoms with Gasteiger partial charge in [-0.05, 0) is 36.8 Å². The molecule has 0 unspecified atom stereocenters. The summed E-state index contributed by atoms with van der Waals surface area (Å²) in [5, 5.41) is 2.88. The minimum Gasteiger partial charge on any atom is -0.497 e. The van der Waals surface area contributed by atoms with Gasteiger partial charge in [0.1, 0.15) is 17.2 Å². The van der Waals surface area contributed by atoms with Crippen molar-refractivity contribution in [3.05, 3.63) is 53.6 Å². The molecule has 2 aromatic rings. The second-order valence-corrected chi connectivity index (χ2v) is 4.86. The van der Waals surface area contributed by atoms with Gasteiger partial charge in [0.05, 0.1) is 20.8 Å². The van der Waals surface area contributed by atoms with E-state index in [2.05, 4.69) is 5.32 Å². The molecule has 0 fully saturated rings. The monoisotopic (exact) mass is 315 g/mol. The average Bonchev–Trinajstić information content (AvgIpc) is 2.60. The zero-order valence-electron chi connectivity index (χ0n) is 13.6. The molecule has 2 rings (SSSR count). The molecule has 2 aromatic carbocycles. The van der Waals surface area contributed by atoms with Crippen molar-refractivity contribution in [2.45, 2.75) is 13.5 Å². The molecular weight excluding hydrogens is 294 g/mol. The first-order valence-electron chi connectivity index (χ1n) is 7.39. The van der Waals surface area contributed by atoms with Crippen molar-refractivity contribution in [3.8, 4) is 17.2 Å². The molecule has 122 valence electrons. The van der Waals surface area contributed by atoms with Gasteiger partial charge in [-0.3, -0.25) is 4.79 Å². The molecule has 0 bridgehead atoms. The summed E-state index contributed by atoms with van der Waals surface area (Å²) in [5.74, 6) is 1.79. The van der Waals surface area contributed by atoms with E-state index in [1.807, 2.05) is 31.2 Å². The molecule has 23 heavy (non-hydrogen) atoms. The fourth-order valence-corrected chi connectivity index (χ4v) is 2.09. The maximum absolute atomic E-state index is 12.3. The minimum atomic E-state index is -0.184. The summed E-state index contributed by atoms with van der Waals surface area (Å²) in [5.41, 5.74) is 1.49.